The van der Waals surface area contributed by atoms with Crippen molar-refractivity contribution in [3.8, 4) is 0 Å². The molecule has 0 fully saturated rings. The fourth-order valence-corrected chi connectivity index (χ4v) is 1.30. The van der Waals surface area contributed by atoms with Crippen LogP contribution in [0.5, 0.6) is 0 Å². The van der Waals surface area contributed by atoms with E-state index in [2.05, 4.69) is 36.6 Å². The van der Waals surface area contributed by atoms with Crippen LogP contribution in [-0.4, -0.2) is 0 Å². The first kappa shape index (κ1) is 7.17. The van der Waals surface area contributed by atoms with E-state index >= 15 is 0 Å². The number of rotatable bonds is 1. The zero-order valence-corrected chi connectivity index (χ0v) is 6.75. The second-order valence-corrected chi connectivity index (χ2v) is 2.74. The molecule has 2 aromatic rings. The Kier molecular flexibility index (Phi) is 1.71. The number of hydrogen-bond acceptors (Lipinski definition) is 1. The molecule has 2 rings (SSSR count). The van der Waals surface area contributed by atoms with Crippen molar-refractivity contribution in [3.05, 3.63) is 49.5 Å². The van der Waals surface area contributed by atoms with Gasteiger partial charge in [-0.05, 0) is 22.9 Å². The average molecular weight is 156 g/mol. The van der Waals surface area contributed by atoms with E-state index in [1.165, 1.54) is 10.8 Å². The van der Waals surface area contributed by atoms with Crippen LogP contribution in [0.15, 0.2) is 42.5 Å². The van der Waals surface area contributed by atoms with Crippen molar-refractivity contribution in [1.82, 2.24) is 0 Å². The molecule has 0 amide bonds. The topological polar surface area (TPSA) is 12.0 Å². The summed E-state index contributed by atoms with van der Waals surface area (Å²) in [7, 11) is 3.61. The Hall–Kier alpha value is -1.50. The lowest BCUT2D eigenvalue weighted by atomic mass is 10.1. The Labute approximate surface area is 72.0 Å². The second kappa shape index (κ2) is 2.86. The number of hydrogen-bond donors (Lipinski definition) is 1. The first-order chi connectivity index (χ1) is 5.90. The highest BCUT2D eigenvalue weighted by molar-refractivity contribution is 5.85. The first-order valence-corrected chi connectivity index (χ1v) is 3.92. The molecule has 0 atom stereocenters. The van der Waals surface area contributed by atoms with Crippen molar-refractivity contribution in [2.24, 2.45) is 0 Å². The highest BCUT2D eigenvalue weighted by Crippen LogP contribution is 2.18. The molecule has 59 valence electrons. The summed E-state index contributed by atoms with van der Waals surface area (Å²) in [5.41, 5.74) is 1.05. The van der Waals surface area contributed by atoms with E-state index in [4.69, 9.17) is 0 Å². The van der Waals surface area contributed by atoms with Gasteiger partial charge in [0.15, 0.2) is 0 Å². The smallest absolute Gasteiger partial charge is 0.0347 e. The molecule has 0 saturated heterocycles. The van der Waals surface area contributed by atoms with Gasteiger partial charge >= 0.3 is 0 Å². The fourth-order valence-electron chi connectivity index (χ4n) is 1.30. The van der Waals surface area contributed by atoms with Gasteiger partial charge in [-0.1, -0.05) is 30.3 Å². The molecule has 1 radical (unpaired) electrons. The minimum absolute atomic E-state index is 1.05. The van der Waals surface area contributed by atoms with Crippen molar-refractivity contribution in [1.29, 1.82) is 0 Å². The van der Waals surface area contributed by atoms with Crippen LogP contribution in [-0.2, 0) is 0 Å². The van der Waals surface area contributed by atoms with Gasteiger partial charge in [-0.15, -0.1) is 0 Å². The van der Waals surface area contributed by atoms with Crippen molar-refractivity contribution in [2.45, 2.75) is 0 Å². The number of nitrogens with one attached hydrogen (secondary N) is 1. The Morgan fingerprint density at radius 2 is 1.67 bits per heavy atom. The Morgan fingerprint density at radius 3 is 2.42 bits per heavy atom. The normalized spacial score (nSPS) is 10.1. The summed E-state index contributed by atoms with van der Waals surface area (Å²) in [4.78, 5) is 0. The molecule has 0 aliphatic heterocycles. The Bertz CT molecular complexity index is 393. The highest BCUT2D eigenvalue weighted by atomic mass is 14.8. The maximum absolute atomic E-state index is 3.61. The highest BCUT2D eigenvalue weighted by Gasteiger charge is 1.91. The third kappa shape index (κ3) is 1.14. The van der Waals surface area contributed by atoms with E-state index < -0.39 is 0 Å². The molecule has 0 unspecified atom stereocenters. The minimum atomic E-state index is 1.05. The molecule has 12 heavy (non-hydrogen) atoms. The molecule has 0 bridgehead atoms. The standard InChI is InChI=1S/C11H10N/c1-12-11-7-6-9-4-2-3-5-10(9)8-11/h2-8,12H,1H2. The van der Waals surface area contributed by atoms with Crippen LogP contribution in [0.1, 0.15) is 0 Å². The van der Waals surface area contributed by atoms with Gasteiger partial charge in [-0.3, -0.25) is 0 Å². The Balaban J connectivity index is 2.67. The SMILES string of the molecule is [CH2]Nc1ccc2ccccc2c1. The van der Waals surface area contributed by atoms with E-state index in [1.807, 2.05) is 18.2 Å². The second-order valence-electron chi connectivity index (χ2n) is 2.74. The maximum Gasteiger partial charge on any atom is 0.0347 e. The molecular formula is C11H10N. The van der Waals surface area contributed by atoms with Crippen LogP contribution in [0.4, 0.5) is 5.69 Å². The third-order valence-corrected chi connectivity index (χ3v) is 1.95. The molecule has 0 aromatic heterocycles. The number of fused-ring (bicyclic) bond motifs is 1. The molecule has 2 aromatic carbocycles. The van der Waals surface area contributed by atoms with Crippen LogP contribution in [0.2, 0.25) is 0 Å². The summed E-state index contributed by atoms with van der Waals surface area (Å²) in [5.74, 6) is 0. The third-order valence-electron chi connectivity index (χ3n) is 1.95. The van der Waals surface area contributed by atoms with Crippen molar-refractivity contribution < 1.29 is 0 Å². The summed E-state index contributed by atoms with van der Waals surface area (Å²) in [6.45, 7) is 0. The molecule has 1 N–H and O–H groups in total. The van der Waals surface area contributed by atoms with Gasteiger partial charge < -0.3 is 5.32 Å². The van der Waals surface area contributed by atoms with E-state index in [0.29, 0.717) is 0 Å². The summed E-state index contributed by atoms with van der Waals surface area (Å²) in [6, 6.07) is 14.5. The molecule has 0 aliphatic carbocycles. The van der Waals surface area contributed by atoms with Crippen LogP contribution in [0.25, 0.3) is 10.8 Å². The van der Waals surface area contributed by atoms with Crippen molar-refractivity contribution >= 4 is 16.5 Å². The minimum Gasteiger partial charge on any atom is -0.383 e. The molecule has 0 spiro atoms. The van der Waals surface area contributed by atoms with Gasteiger partial charge in [-0.25, -0.2) is 0 Å². The lowest BCUT2D eigenvalue weighted by Crippen LogP contribution is -1.83. The lowest BCUT2D eigenvalue weighted by molar-refractivity contribution is 1.62. The van der Waals surface area contributed by atoms with Crippen LogP contribution in [0, 0.1) is 7.05 Å². The van der Waals surface area contributed by atoms with Gasteiger partial charge in [0.05, 0.1) is 0 Å². The van der Waals surface area contributed by atoms with E-state index in [1.54, 1.807) is 0 Å². The van der Waals surface area contributed by atoms with Crippen LogP contribution >= 0.6 is 0 Å². The summed E-state index contributed by atoms with van der Waals surface area (Å²) < 4.78 is 0. The predicted molar refractivity (Wildman–Crippen MR) is 52.9 cm³/mol. The molecule has 0 aliphatic rings. The summed E-state index contributed by atoms with van der Waals surface area (Å²) >= 11 is 0. The monoisotopic (exact) mass is 156 g/mol. The summed E-state index contributed by atoms with van der Waals surface area (Å²) in [5, 5.41) is 5.37. The van der Waals surface area contributed by atoms with Crippen LogP contribution in [0.3, 0.4) is 0 Å². The first-order valence-electron chi connectivity index (χ1n) is 3.92. The van der Waals surface area contributed by atoms with E-state index in [0.717, 1.165) is 5.69 Å². The maximum atomic E-state index is 3.61. The molecule has 1 nitrogen and oxygen atoms in total. The van der Waals surface area contributed by atoms with E-state index in [9.17, 15) is 0 Å². The lowest BCUT2D eigenvalue weighted by Gasteiger charge is -2.01. The molecular weight excluding hydrogens is 146 g/mol. The molecule has 0 heterocycles. The predicted octanol–water partition coefficient (Wildman–Crippen LogP) is 3.04. The van der Waals surface area contributed by atoms with Gasteiger partial charge in [0.1, 0.15) is 0 Å². The molecule has 1 heteroatoms. The number of anilines is 1. The van der Waals surface area contributed by atoms with Crippen LogP contribution < -0.4 is 5.32 Å². The van der Waals surface area contributed by atoms with Gasteiger partial charge in [-0.2, -0.15) is 0 Å². The number of benzene rings is 2. The van der Waals surface area contributed by atoms with E-state index in [-0.39, 0.29) is 0 Å². The van der Waals surface area contributed by atoms with Gasteiger partial charge in [0.25, 0.3) is 0 Å². The quantitative estimate of drug-likeness (QED) is 0.669. The van der Waals surface area contributed by atoms with Gasteiger partial charge in [0.2, 0.25) is 0 Å². The van der Waals surface area contributed by atoms with Crippen molar-refractivity contribution in [3.63, 3.8) is 0 Å². The largest absolute Gasteiger partial charge is 0.383 e. The van der Waals surface area contributed by atoms with Gasteiger partial charge in [0, 0.05) is 12.7 Å². The zero-order chi connectivity index (χ0) is 8.39. The summed E-state index contributed by atoms with van der Waals surface area (Å²) in [6.07, 6.45) is 0. The van der Waals surface area contributed by atoms with Crippen molar-refractivity contribution in [2.75, 3.05) is 5.32 Å². The Morgan fingerprint density at radius 1 is 0.917 bits per heavy atom. The molecule has 0 saturated carbocycles. The zero-order valence-electron chi connectivity index (χ0n) is 6.75. The average Bonchev–Trinajstić information content (AvgIpc) is 2.17. The fraction of sp³-hybridized carbons (Fsp3) is 0.